The minimum Gasteiger partial charge on any atom is -0.480 e. The summed E-state index contributed by atoms with van der Waals surface area (Å²) in [7, 11) is 1.94. The van der Waals surface area contributed by atoms with Crippen molar-refractivity contribution in [2.75, 3.05) is 7.05 Å². The summed E-state index contributed by atoms with van der Waals surface area (Å²) in [5.74, 6) is -0.721. The van der Waals surface area contributed by atoms with E-state index >= 15 is 0 Å². The summed E-state index contributed by atoms with van der Waals surface area (Å²) >= 11 is 0. The van der Waals surface area contributed by atoms with Crippen LogP contribution in [0, 0.1) is 5.41 Å². The van der Waals surface area contributed by atoms with Crippen LogP contribution in [-0.4, -0.2) is 35.1 Å². The quantitative estimate of drug-likeness (QED) is 0.782. The Bertz CT molecular complexity index is 238. The van der Waals surface area contributed by atoms with Crippen molar-refractivity contribution in [1.29, 1.82) is 0 Å². The van der Waals surface area contributed by atoms with Crippen LogP contribution in [0.5, 0.6) is 0 Å². The van der Waals surface area contributed by atoms with Crippen LogP contribution in [0.4, 0.5) is 0 Å². The first-order valence-corrected chi connectivity index (χ1v) is 5.78. The van der Waals surface area contributed by atoms with Crippen molar-refractivity contribution < 1.29 is 9.90 Å². The van der Waals surface area contributed by atoms with Gasteiger partial charge in [-0.1, -0.05) is 20.3 Å². The van der Waals surface area contributed by atoms with Gasteiger partial charge in [0.1, 0.15) is 6.04 Å². The number of aliphatic carboxylic acids is 1. The van der Waals surface area contributed by atoms with E-state index in [4.69, 9.17) is 5.11 Å². The van der Waals surface area contributed by atoms with Gasteiger partial charge in [-0.3, -0.25) is 9.69 Å². The smallest absolute Gasteiger partial charge is 0.320 e. The van der Waals surface area contributed by atoms with Gasteiger partial charge in [0.25, 0.3) is 0 Å². The van der Waals surface area contributed by atoms with Gasteiger partial charge in [0.05, 0.1) is 0 Å². The SMILES string of the molecule is CC(C(=O)O)N(C)C1CCCC(C)(C)C1. The van der Waals surface area contributed by atoms with Crippen LogP contribution in [0.15, 0.2) is 0 Å². The molecule has 0 spiro atoms. The molecular formula is C12H23NO2. The molecule has 0 bridgehead atoms. The first-order valence-electron chi connectivity index (χ1n) is 5.78. The molecule has 1 aliphatic carbocycles. The Labute approximate surface area is 92.5 Å². The Balaban J connectivity index is 2.60. The molecule has 0 heterocycles. The normalized spacial score (nSPS) is 27.7. The van der Waals surface area contributed by atoms with Crippen LogP contribution in [0.2, 0.25) is 0 Å². The molecule has 1 aliphatic rings. The van der Waals surface area contributed by atoms with Crippen molar-refractivity contribution in [2.45, 2.75) is 58.5 Å². The Kier molecular flexibility index (Phi) is 3.77. The van der Waals surface area contributed by atoms with E-state index in [1.807, 2.05) is 11.9 Å². The fraction of sp³-hybridized carbons (Fsp3) is 0.917. The molecule has 1 saturated carbocycles. The van der Waals surface area contributed by atoms with Crippen LogP contribution in [0.25, 0.3) is 0 Å². The van der Waals surface area contributed by atoms with Crippen molar-refractivity contribution in [3.05, 3.63) is 0 Å². The number of carbonyl (C=O) groups is 1. The lowest BCUT2D eigenvalue weighted by Gasteiger charge is -2.41. The van der Waals surface area contributed by atoms with Crippen LogP contribution in [0.3, 0.4) is 0 Å². The molecule has 0 aromatic rings. The highest BCUT2D eigenvalue weighted by Crippen LogP contribution is 2.37. The number of hydrogen-bond acceptors (Lipinski definition) is 2. The summed E-state index contributed by atoms with van der Waals surface area (Å²) in [5.41, 5.74) is 0.370. The third-order valence-corrected chi connectivity index (χ3v) is 3.72. The molecule has 88 valence electrons. The number of nitrogens with zero attached hydrogens (tertiary/aromatic N) is 1. The standard InChI is InChI=1S/C12H23NO2/c1-9(11(14)15)13(4)10-6-5-7-12(2,3)8-10/h9-10H,5-8H2,1-4H3,(H,14,15). The van der Waals surface area contributed by atoms with E-state index in [-0.39, 0.29) is 6.04 Å². The highest BCUT2D eigenvalue weighted by Gasteiger charge is 2.33. The second-order valence-electron chi connectivity index (χ2n) is 5.59. The topological polar surface area (TPSA) is 40.5 Å². The Morgan fingerprint density at radius 2 is 2.13 bits per heavy atom. The van der Waals surface area contributed by atoms with Crippen molar-refractivity contribution in [3.63, 3.8) is 0 Å². The summed E-state index contributed by atoms with van der Waals surface area (Å²) in [6.45, 7) is 6.32. The third kappa shape index (κ3) is 3.20. The molecule has 3 heteroatoms. The lowest BCUT2D eigenvalue weighted by molar-refractivity contribution is -0.143. The van der Waals surface area contributed by atoms with E-state index in [1.165, 1.54) is 12.8 Å². The van der Waals surface area contributed by atoms with Gasteiger partial charge in [-0.05, 0) is 38.6 Å². The Morgan fingerprint density at radius 1 is 1.53 bits per heavy atom. The lowest BCUT2D eigenvalue weighted by Crippen LogP contribution is -2.46. The van der Waals surface area contributed by atoms with Crippen molar-refractivity contribution in [2.24, 2.45) is 5.41 Å². The Morgan fingerprint density at radius 3 is 2.60 bits per heavy atom. The first kappa shape index (κ1) is 12.5. The maximum atomic E-state index is 10.9. The van der Waals surface area contributed by atoms with Crippen molar-refractivity contribution in [3.8, 4) is 0 Å². The largest absolute Gasteiger partial charge is 0.480 e. The predicted molar refractivity (Wildman–Crippen MR) is 60.9 cm³/mol. The van der Waals surface area contributed by atoms with Crippen LogP contribution in [0.1, 0.15) is 46.5 Å². The van der Waals surface area contributed by atoms with Crippen LogP contribution < -0.4 is 0 Å². The van der Waals surface area contributed by atoms with Crippen molar-refractivity contribution in [1.82, 2.24) is 4.90 Å². The Hall–Kier alpha value is -0.570. The van der Waals surface area contributed by atoms with Crippen LogP contribution >= 0.6 is 0 Å². The maximum absolute atomic E-state index is 10.9. The summed E-state index contributed by atoms with van der Waals surface area (Å²) in [6.07, 6.45) is 4.73. The fourth-order valence-corrected chi connectivity index (χ4v) is 2.50. The van der Waals surface area contributed by atoms with Gasteiger partial charge < -0.3 is 5.11 Å². The number of hydrogen-bond donors (Lipinski definition) is 1. The minimum atomic E-state index is -0.721. The lowest BCUT2D eigenvalue weighted by atomic mass is 9.74. The molecular weight excluding hydrogens is 190 g/mol. The van der Waals surface area contributed by atoms with Gasteiger partial charge in [0.2, 0.25) is 0 Å². The summed E-state index contributed by atoms with van der Waals surface area (Å²) < 4.78 is 0. The zero-order valence-corrected chi connectivity index (χ0v) is 10.3. The average molecular weight is 213 g/mol. The maximum Gasteiger partial charge on any atom is 0.320 e. The average Bonchev–Trinajstić information content (AvgIpc) is 2.13. The highest BCUT2D eigenvalue weighted by molar-refractivity contribution is 5.72. The minimum absolute atomic E-state index is 0.370. The second kappa shape index (κ2) is 4.52. The second-order valence-corrected chi connectivity index (χ2v) is 5.59. The third-order valence-electron chi connectivity index (χ3n) is 3.72. The molecule has 3 nitrogen and oxygen atoms in total. The molecule has 2 unspecified atom stereocenters. The molecule has 1 N–H and O–H groups in total. The van der Waals surface area contributed by atoms with Gasteiger partial charge >= 0.3 is 5.97 Å². The number of likely N-dealkylation sites (N-methyl/N-ethyl adjacent to an activating group) is 1. The predicted octanol–water partition coefficient (Wildman–Crippen LogP) is 2.36. The first-order chi connectivity index (χ1) is 6.83. The molecule has 0 amide bonds. The molecule has 0 aliphatic heterocycles. The van der Waals surface area contributed by atoms with Gasteiger partial charge in [-0.15, -0.1) is 0 Å². The van der Waals surface area contributed by atoms with Crippen molar-refractivity contribution >= 4 is 5.97 Å². The van der Waals surface area contributed by atoms with E-state index in [1.54, 1.807) is 6.92 Å². The zero-order valence-electron chi connectivity index (χ0n) is 10.3. The summed E-state index contributed by atoms with van der Waals surface area (Å²) in [6, 6.07) is 0.0590. The number of carboxylic acid groups (broad SMARTS) is 1. The van der Waals surface area contributed by atoms with Gasteiger partial charge in [-0.25, -0.2) is 0 Å². The molecule has 0 radical (unpaired) electrons. The van der Waals surface area contributed by atoms with E-state index in [0.717, 1.165) is 12.8 Å². The molecule has 1 fully saturated rings. The molecule has 2 atom stereocenters. The number of rotatable bonds is 3. The van der Waals surface area contributed by atoms with Crippen LogP contribution in [-0.2, 0) is 4.79 Å². The van der Waals surface area contributed by atoms with E-state index < -0.39 is 5.97 Å². The molecule has 0 saturated heterocycles. The molecule has 1 rings (SSSR count). The molecule has 15 heavy (non-hydrogen) atoms. The monoisotopic (exact) mass is 213 g/mol. The summed E-state index contributed by atoms with van der Waals surface area (Å²) in [5, 5.41) is 8.97. The van der Waals surface area contributed by atoms with Gasteiger partial charge in [0.15, 0.2) is 0 Å². The van der Waals surface area contributed by atoms with Gasteiger partial charge in [0, 0.05) is 6.04 Å². The summed E-state index contributed by atoms with van der Waals surface area (Å²) in [4.78, 5) is 12.9. The van der Waals surface area contributed by atoms with Gasteiger partial charge in [-0.2, -0.15) is 0 Å². The van der Waals surface area contributed by atoms with E-state index in [9.17, 15) is 4.79 Å². The van der Waals surface area contributed by atoms with E-state index in [2.05, 4.69) is 13.8 Å². The zero-order chi connectivity index (χ0) is 11.6. The highest BCUT2D eigenvalue weighted by atomic mass is 16.4. The molecule has 0 aromatic carbocycles. The molecule has 0 aromatic heterocycles. The number of carboxylic acids is 1. The van der Waals surface area contributed by atoms with E-state index in [0.29, 0.717) is 11.5 Å². The fourth-order valence-electron chi connectivity index (χ4n) is 2.50.